The van der Waals surface area contributed by atoms with Crippen LogP contribution in [-0.4, -0.2) is 24.3 Å². The average molecular weight is 256 g/mol. The van der Waals surface area contributed by atoms with Gasteiger partial charge in [-0.1, -0.05) is 42.0 Å². The molecule has 0 saturated carbocycles. The highest BCUT2D eigenvalue weighted by Crippen LogP contribution is 2.22. The van der Waals surface area contributed by atoms with Crippen molar-refractivity contribution in [2.75, 3.05) is 6.26 Å². The predicted octanol–water partition coefficient (Wildman–Crippen LogP) is 2.54. The van der Waals surface area contributed by atoms with Crippen LogP contribution in [0, 0.1) is 6.92 Å². The Morgan fingerprint density at radius 1 is 1.19 bits per heavy atom. The molecule has 0 spiro atoms. The summed E-state index contributed by atoms with van der Waals surface area (Å²) in [6.45, 7) is 5.27. The predicted molar refractivity (Wildman–Crippen MR) is 71.8 cm³/mol. The molecule has 1 aromatic carbocycles. The normalized spacial score (nSPS) is 12.5. The van der Waals surface area contributed by atoms with E-state index in [1.165, 1.54) is 6.26 Å². The summed E-state index contributed by atoms with van der Waals surface area (Å²) < 4.78 is 22.3. The molecule has 2 nitrogen and oxygen atoms in total. The molecule has 0 amide bonds. The van der Waals surface area contributed by atoms with Gasteiger partial charge in [0.25, 0.3) is 0 Å². The fraction of sp³-hybridized carbons (Fsp3) is 0.417. The summed E-state index contributed by atoms with van der Waals surface area (Å²) in [5, 5.41) is 0. The third-order valence-electron chi connectivity index (χ3n) is 2.79. The van der Waals surface area contributed by atoms with E-state index in [1.807, 2.05) is 31.2 Å². The lowest BCUT2D eigenvalue weighted by molar-refractivity contribution is 0.584. The third-order valence-corrected chi connectivity index (χ3v) is 5.72. The monoisotopic (exact) mass is 256 g/mol. The summed E-state index contributed by atoms with van der Waals surface area (Å²) in [5.41, 5.74) is 1.93. The molecule has 16 heavy (non-hydrogen) atoms. The first-order valence-corrected chi connectivity index (χ1v) is 7.27. The van der Waals surface area contributed by atoms with Crippen molar-refractivity contribution < 1.29 is 8.42 Å². The molecule has 0 aliphatic heterocycles. The van der Waals surface area contributed by atoms with Crippen LogP contribution < -0.4 is 0 Å². The summed E-state index contributed by atoms with van der Waals surface area (Å²) in [4.78, 5) is 0.468. The molecule has 0 fully saturated rings. The third kappa shape index (κ3) is 2.50. The highest BCUT2D eigenvalue weighted by Gasteiger charge is 2.35. The Labute approximate surface area is 103 Å². The number of benzene rings is 1. The molecule has 0 radical (unpaired) electrons. The van der Waals surface area contributed by atoms with E-state index >= 15 is 0 Å². The minimum absolute atomic E-state index is 0.468. The first kappa shape index (κ1) is 13.3. The lowest BCUT2D eigenvalue weighted by Gasteiger charge is -2.23. The van der Waals surface area contributed by atoms with E-state index in [2.05, 4.69) is 0 Å². The SMILES string of the molecule is Cc1ccc(C(=S)C(C)(C)S(C)(=O)=O)cc1. The Kier molecular flexibility index (Phi) is 3.55. The number of hydrogen-bond donors (Lipinski definition) is 0. The average Bonchev–Trinajstić information content (AvgIpc) is 2.16. The molecule has 0 aliphatic carbocycles. The fourth-order valence-corrected chi connectivity index (χ4v) is 2.27. The smallest absolute Gasteiger partial charge is 0.157 e. The number of hydrogen-bond acceptors (Lipinski definition) is 3. The minimum atomic E-state index is -3.20. The van der Waals surface area contributed by atoms with Gasteiger partial charge in [0, 0.05) is 11.1 Å². The number of rotatable bonds is 3. The Hall–Kier alpha value is -0.740. The molecule has 1 rings (SSSR count). The number of sulfone groups is 1. The minimum Gasteiger partial charge on any atom is -0.228 e. The quantitative estimate of drug-likeness (QED) is 0.615. The highest BCUT2D eigenvalue weighted by molar-refractivity contribution is 7.95. The second kappa shape index (κ2) is 4.26. The highest BCUT2D eigenvalue weighted by atomic mass is 32.2. The Balaban J connectivity index is 3.18. The zero-order chi connectivity index (χ0) is 12.6. The van der Waals surface area contributed by atoms with Crippen LogP contribution >= 0.6 is 12.2 Å². The zero-order valence-electron chi connectivity index (χ0n) is 9.94. The summed E-state index contributed by atoms with van der Waals surface area (Å²) in [6.07, 6.45) is 1.22. The van der Waals surface area contributed by atoms with Crippen molar-refractivity contribution in [3.05, 3.63) is 35.4 Å². The molecule has 1 aromatic rings. The first-order valence-electron chi connectivity index (χ1n) is 4.97. The molecular weight excluding hydrogens is 240 g/mol. The van der Waals surface area contributed by atoms with Gasteiger partial charge in [-0.3, -0.25) is 0 Å². The second-order valence-corrected chi connectivity index (χ2v) is 7.45. The van der Waals surface area contributed by atoms with Gasteiger partial charge in [0.15, 0.2) is 9.84 Å². The van der Waals surface area contributed by atoms with Crippen LogP contribution in [-0.2, 0) is 9.84 Å². The van der Waals surface area contributed by atoms with Crippen LogP contribution in [0.4, 0.5) is 0 Å². The Morgan fingerprint density at radius 2 is 1.62 bits per heavy atom. The summed E-state index contributed by atoms with van der Waals surface area (Å²) >= 11 is 5.27. The van der Waals surface area contributed by atoms with Crippen LogP contribution in [0.3, 0.4) is 0 Å². The van der Waals surface area contributed by atoms with Crippen LogP contribution in [0.5, 0.6) is 0 Å². The molecule has 0 N–H and O–H groups in total. The summed E-state index contributed by atoms with van der Waals surface area (Å²) in [5.74, 6) is 0. The lowest BCUT2D eigenvalue weighted by Crippen LogP contribution is -2.39. The molecule has 0 bridgehead atoms. The molecule has 0 aliphatic rings. The van der Waals surface area contributed by atoms with Crippen molar-refractivity contribution in [2.45, 2.75) is 25.5 Å². The largest absolute Gasteiger partial charge is 0.228 e. The van der Waals surface area contributed by atoms with Crippen LogP contribution in [0.1, 0.15) is 25.0 Å². The molecule has 88 valence electrons. The summed E-state index contributed by atoms with van der Waals surface area (Å²) in [6, 6.07) is 7.59. The van der Waals surface area contributed by atoms with Gasteiger partial charge in [-0.2, -0.15) is 0 Å². The second-order valence-electron chi connectivity index (χ2n) is 4.48. The van der Waals surface area contributed by atoms with Gasteiger partial charge >= 0.3 is 0 Å². The van der Waals surface area contributed by atoms with Crippen molar-refractivity contribution in [1.82, 2.24) is 0 Å². The molecule has 0 aromatic heterocycles. The number of thiocarbonyl (C=S) groups is 1. The topological polar surface area (TPSA) is 34.1 Å². The van der Waals surface area contributed by atoms with Gasteiger partial charge in [0.05, 0.1) is 0 Å². The maximum Gasteiger partial charge on any atom is 0.157 e. The zero-order valence-corrected chi connectivity index (χ0v) is 11.6. The van der Waals surface area contributed by atoms with E-state index in [0.717, 1.165) is 11.1 Å². The maximum absolute atomic E-state index is 11.6. The molecule has 4 heteroatoms. The van der Waals surface area contributed by atoms with Gasteiger partial charge in [0.1, 0.15) is 4.75 Å². The van der Waals surface area contributed by atoms with Crippen molar-refractivity contribution in [1.29, 1.82) is 0 Å². The van der Waals surface area contributed by atoms with Crippen LogP contribution in [0.15, 0.2) is 24.3 Å². The lowest BCUT2D eigenvalue weighted by atomic mass is 10.0. The Morgan fingerprint density at radius 3 is 2.00 bits per heavy atom. The first-order chi connectivity index (χ1) is 7.16. The van der Waals surface area contributed by atoms with Gasteiger partial charge in [-0.15, -0.1) is 0 Å². The van der Waals surface area contributed by atoms with Gasteiger partial charge in [-0.25, -0.2) is 8.42 Å². The van der Waals surface area contributed by atoms with Crippen molar-refractivity contribution in [3.8, 4) is 0 Å². The van der Waals surface area contributed by atoms with E-state index in [-0.39, 0.29) is 0 Å². The van der Waals surface area contributed by atoms with Gasteiger partial charge in [-0.05, 0) is 26.3 Å². The number of aryl methyl sites for hydroxylation is 1. The van der Waals surface area contributed by atoms with Gasteiger partial charge < -0.3 is 0 Å². The van der Waals surface area contributed by atoms with E-state index in [4.69, 9.17) is 12.2 Å². The molecule has 0 unspecified atom stereocenters. The Bertz CT molecular complexity index is 496. The van der Waals surface area contributed by atoms with E-state index < -0.39 is 14.6 Å². The van der Waals surface area contributed by atoms with Crippen molar-refractivity contribution in [3.63, 3.8) is 0 Å². The van der Waals surface area contributed by atoms with Gasteiger partial charge in [0.2, 0.25) is 0 Å². The van der Waals surface area contributed by atoms with Crippen LogP contribution in [0.2, 0.25) is 0 Å². The summed E-state index contributed by atoms with van der Waals surface area (Å²) in [7, 11) is -3.20. The fourth-order valence-electron chi connectivity index (χ4n) is 1.22. The standard InChI is InChI=1S/C12H16O2S2/c1-9-5-7-10(8-6-9)11(15)12(2,3)16(4,13)14/h5-8H,1-4H3. The molecule has 0 heterocycles. The van der Waals surface area contributed by atoms with E-state index in [0.29, 0.717) is 4.86 Å². The van der Waals surface area contributed by atoms with E-state index in [1.54, 1.807) is 13.8 Å². The molecular formula is C12H16O2S2. The maximum atomic E-state index is 11.6. The molecule has 0 saturated heterocycles. The van der Waals surface area contributed by atoms with Crippen LogP contribution in [0.25, 0.3) is 0 Å². The van der Waals surface area contributed by atoms with Crippen molar-refractivity contribution in [2.24, 2.45) is 0 Å². The van der Waals surface area contributed by atoms with E-state index in [9.17, 15) is 8.42 Å². The van der Waals surface area contributed by atoms with Crippen molar-refractivity contribution >= 4 is 26.9 Å². The molecule has 0 atom stereocenters.